The Morgan fingerprint density at radius 1 is 1.67 bits per heavy atom. The smallest absolute Gasteiger partial charge is 0.255 e. The lowest BCUT2D eigenvalue weighted by Crippen LogP contribution is -2.23. The zero-order chi connectivity index (χ0) is 11.3. The molecule has 1 amide bonds. The van der Waals surface area contributed by atoms with Crippen molar-refractivity contribution in [3.8, 4) is 11.8 Å². The average molecular weight is 269 g/mol. The molecule has 0 atom stereocenters. The number of hydrogen-bond acceptors (Lipinski definition) is 3. The number of halogens is 1. The average Bonchev–Trinajstić information content (AvgIpc) is 2.25. The maximum absolute atomic E-state index is 11.5. The Bertz CT molecular complexity index is 412. The molecule has 0 aliphatic heterocycles. The fraction of sp³-hybridized carbons (Fsp3) is 0.200. The van der Waals surface area contributed by atoms with Crippen LogP contribution in [0.4, 0.5) is 0 Å². The van der Waals surface area contributed by atoms with E-state index in [1.165, 1.54) is 7.11 Å². The van der Waals surface area contributed by atoms with Crippen molar-refractivity contribution >= 4 is 21.8 Å². The van der Waals surface area contributed by atoms with Crippen molar-refractivity contribution in [1.29, 1.82) is 5.26 Å². The predicted octanol–water partition coefficient (Wildman–Crippen LogP) is 1.71. The summed E-state index contributed by atoms with van der Waals surface area (Å²) in [5.74, 6) is 0.153. The Labute approximate surface area is 96.0 Å². The highest BCUT2D eigenvalue weighted by Gasteiger charge is 2.11. The molecule has 1 aromatic carbocycles. The number of rotatable bonds is 3. The summed E-state index contributed by atoms with van der Waals surface area (Å²) in [6, 6.07) is 6.91. The molecule has 0 aliphatic carbocycles. The highest BCUT2D eigenvalue weighted by Crippen LogP contribution is 2.23. The molecule has 0 bridgehead atoms. The van der Waals surface area contributed by atoms with Crippen LogP contribution in [0.2, 0.25) is 0 Å². The molecule has 0 fully saturated rings. The van der Waals surface area contributed by atoms with E-state index in [1.54, 1.807) is 18.2 Å². The number of nitrogens with zero attached hydrogens (tertiary/aromatic N) is 1. The summed E-state index contributed by atoms with van der Waals surface area (Å²) in [6.07, 6.45) is 0. The zero-order valence-corrected chi connectivity index (χ0v) is 9.67. The molecule has 5 heteroatoms. The second-order valence-corrected chi connectivity index (χ2v) is 3.60. The molecule has 0 heterocycles. The van der Waals surface area contributed by atoms with Gasteiger partial charge in [0.05, 0.1) is 18.7 Å². The van der Waals surface area contributed by atoms with Gasteiger partial charge in [-0.2, -0.15) is 5.26 Å². The van der Waals surface area contributed by atoms with Gasteiger partial charge in [-0.1, -0.05) is 15.9 Å². The standard InChI is InChI=1S/C10H9BrN2O2/c1-15-9-6-7(11)2-3-8(9)10(14)13-5-4-12/h2-3,6H,5H2,1H3,(H,13,14). The molecular weight excluding hydrogens is 260 g/mol. The van der Waals surface area contributed by atoms with E-state index in [-0.39, 0.29) is 12.5 Å². The van der Waals surface area contributed by atoms with Gasteiger partial charge in [0.1, 0.15) is 12.3 Å². The van der Waals surface area contributed by atoms with Crippen LogP contribution in [0.5, 0.6) is 5.75 Å². The van der Waals surface area contributed by atoms with Gasteiger partial charge in [0.2, 0.25) is 0 Å². The monoisotopic (exact) mass is 268 g/mol. The number of methoxy groups -OCH3 is 1. The van der Waals surface area contributed by atoms with Crippen molar-refractivity contribution < 1.29 is 9.53 Å². The lowest BCUT2D eigenvalue weighted by molar-refractivity contribution is 0.0955. The van der Waals surface area contributed by atoms with Crippen LogP contribution in [-0.2, 0) is 0 Å². The van der Waals surface area contributed by atoms with E-state index in [1.807, 2.05) is 6.07 Å². The summed E-state index contributed by atoms with van der Waals surface area (Å²) < 4.78 is 5.88. The van der Waals surface area contributed by atoms with Crippen molar-refractivity contribution in [3.05, 3.63) is 28.2 Å². The van der Waals surface area contributed by atoms with E-state index >= 15 is 0 Å². The Morgan fingerprint density at radius 2 is 2.40 bits per heavy atom. The van der Waals surface area contributed by atoms with Gasteiger partial charge in [0.15, 0.2) is 0 Å². The number of amides is 1. The summed E-state index contributed by atoms with van der Waals surface area (Å²) in [5, 5.41) is 10.8. The van der Waals surface area contributed by atoms with Crippen molar-refractivity contribution in [3.63, 3.8) is 0 Å². The lowest BCUT2D eigenvalue weighted by Gasteiger charge is -2.07. The molecule has 0 radical (unpaired) electrons. The van der Waals surface area contributed by atoms with Gasteiger partial charge in [-0.05, 0) is 18.2 Å². The van der Waals surface area contributed by atoms with Crippen molar-refractivity contribution in [2.24, 2.45) is 0 Å². The Kier molecular flexibility index (Phi) is 4.13. The summed E-state index contributed by atoms with van der Waals surface area (Å²) in [5.41, 5.74) is 0.413. The van der Waals surface area contributed by atoms with Gasteiger partial charge in [-0.25, -0.2) is 0 Å². The van der Waals surface area contributed by atoms with E-state index in [0.29, 0.717) is 11.3 Å². The first-order valence-electron chi connectivity index (χ1n) is 4.17. The van der Waals surface area contributed by atoms with E-state index in [0.717, 1.165) is 4.47 Å². The minimum absolute atomic E-state index is 0.0158. The van der Waals surface area contributed by atoms with E-state index < -0.39 is 0 Å². The molecule has 0 spiro atoms. The fourth-order valence-electron chi connectivity index (χ4n) is 1.07. The highest BCUT2D eigenvalue weighted by atomic mass is 79.9. The second kappa shape index (κ2) is 5.37. The van der Waals surface area contributed by atoms with Gasteiger partial charge >= 0.3 is 0 Å². The first-order valence-corrected chi connectivity index (χ1v) is 4.97. The number of hydrogen-bond donors (Lipinski definition) is 1. The van der Waals surface area contributed by atoms with Crippen LogP contribution in [0.15, 0.2) is 22.7 Å². The quantitative estimate of drug-likeness (QED) is 0.850. The number of carbonyl (C=O) groups excluding carboxylic acids is 1. The minimum atomic E-state index is -0.319. The minimum Gasteiger partial charge on any atom is -0.496 e. The third-order valence-electron chi connectivity index (χ3n) is 1.74. The SMILES string of the molecule is COc1cc(Br)ccc1C(=O)NCC#N. The van der Waals surface area contributed by atoms with Gasteiger partial charge < -0.3 is 10.1 Å². The van der Waals surface area contributed by atoms with Crippen LogP contribution in [0.3, 0.4) is 0 Å². The number of benzene rings is 1. The van der Waals surface area contributed by atoms with E-state index in [4.69, 9.17) is 10.00 Å². The third-order valence-corrected chi connectivity index (χ3v) is 2.23. The molecule has 0 aromatic heterocycles. The molecule has 1 N–H and O–H groups in total. The highest BCUT2D eigenvalue weighted by molar-refractivity contribution is 9.10. The number of carbonyl (C=O) groups is 1. The van der Waals surface area contributed by atoms with Crippen LogP contribution in [0.25, 0.3) is 0 Å². The molecule has 1 aromatic rings. The molecule has 4 nitrogen and oxygen atoms in total. The van der Waals surface area contributed by atoms with Gasteiger partial charge in [0.25, 0.3) is 5.91 Å². The topological polar surface area (TPSA) is 62.1 Å². The molecule has 0 unspecified atom stereocenters. The first kappa shape index (κ1) is 11.5. The molecule has 1 rings (SSSR count). The molecular formula is C10H9BrN2O2. The lowest BCUT2D eigenvalue weighted by atomic mass is 10.2. The summed E-state index contributed by atoms with van der Waals surface area (Å²) in [4.78, 5) is 11.5. The molecule has 0 aliphatic rings. The van der Waals surface area contributed by atoms with Crippen molar-refractivity contribution in [2.45, 2.75) is 0 Å². The number of ether oxygens (including phenoxy) is 1. The van der Waals surface area contributed by atoms with Crippen molar-refractivity contribution in [2.75, 3.05) is 13.7 Å². The molecule has 0 saturated carbocycles. The van der Waals surface area contributed by atoms with Gasteiger partial charge in [0, 0.05) is 4.47 Å². The van der Waals surface area contributed by atoms with Crippen LogP contribution >= 0.6 is 15.9 Å². The summed E-state index contributed by atoms with van der Waals surface area (Å²) in [7, 11) is 1.49. The first-order chi connectivity index (χ1) is 7.19. The van der Waals surface area contributed by atoms with Crippen molar-refractivity contribution in [1.82, 2.24) is 5.32 Å². The van der Waals surface area contributed by atoms with Gasteiger partial charge in [-0.3, -0.25) is 4.79 Å². The maximum Gasteiger partial charge on any atom is 0.255 e. The van der Waals surface area contributed by atoms with Crippen LogP contribution in [0, 0.1) is 11.3 Å². The largest absolute Gasteiger partial charge is 0.496 e. The second-order valence-electron chi connectivity index (χ2n) is 2.69. The van der Waals surface area contributed by atoms with E-state index in [9.17, 15) is 4.79 Å². The third kappa shape index (κ3) is 2.96. The van der Waals surface area contributed by atoms with Crippen LogP contribution in [0.1, 0.15) is 10.4 Å². The molecule has 0 saturated heterocycles. The van der Waals surface area contributed by atoms with Crippen LogP contribution in [-0.4, -0.2) is 19.6 Å². The van der Waals surface area contributed by atoms with E-state index in [2.05, 4.69) is 21.2 Å². The Hall–Kier alpha value is -1.54. The normalized spacial score (nSPS) is 9.13. The van der Waals surface area contributed by atoms with Crippen LogP contribution < -0.4 is 10.1 Å². The Morgan fingerprint density at radius 3 is 3.00 bits per heavy atom. The molecule has 78 valence electrons. The molecule has 15 heavy (non-hydrogen) atoms. The zero-order valence-electron chi connectivity index (χ0n) is 8.08. The summed E-state index contributed by atoms with van der Waals surface area (Å²) in [6.45, 7) is -0.0158. The number of nitriles is 1. The maximum atomic E-state index is 11.5. The Balaban J connectivity index is 2.93. The fourth-order valence-corrected chi connectivity index (χ4v) is 1.41. The predicted molar refractivity (Wildman–Crippen MR) is 58.6 cm³/mol. The number of nitrogens with one attached hydrogen (secondary N) is 1. The van der Waals surface area contributed by atoms with Gasteiger partial charge in [-0.15, -0.1) is 0 Å². The summed E-state index contributed by atoms with van der Waals surface area (Å²) >= 11 is 3.27.